The monoisotopic (exact) mass is 323 g/mol. The van der Waals surface area contributed by atoms with Crippen LogP contribution in [0.1, 0.15) is 25.3 Å². The van der Waals surface area contributed by atoms with Crippen molar-refractivity contribution in [2.75, 3.05) is 13.2 Å². The highest BCUT2D eigenvalue weighted by Gasteiger charge is 2.32. The van der Waals surface area contributed by atoms with Gasteiger partial charge in [-0.3, -0.25) is 4.79 Å². The van der Waals surface area contributed by atoms with Crippen LogP contribution in [0.15, 0.2) is 24.3 Å². The van der Waals surface area contributed by atoms with Gasteiger partial charge in [0, 0.05) is 18.4 Å². The summed E-state index contributed by atoms with van der Waals surface area (Å²) in [5.74, 6) is -2.55. The number of halogens is 1. The molecule has 1 aliphatic heterocycles. The quantitative estimate of drug-likeness (QED) is 0.839. The molecule has 1 aromatic rings. The normalized spacial score (nSPS) is 20.5. The first kappa shape index (κ1) is 17.4. The largest absolute Gasteiger partial charge is 0.480 e. The van der Waals surface area contributed by atoms with E-state index in [4.69, 9.17) is 4.74 Å². The Labute approximate surface area is 134 Å². The molecule has 1 fully saturated rings. The smallest absolute Gasteiger partial charge is 0.326 e. The number of amides is 1. The first-order chi connectivity index (χ1) is 11.0. The lowest BCUT2D eigenvalue weighted by Crippen LogP contribution is -2.50. The maximum atomic E-state index is 13.7. The fraction of sp³-hybridized carbons (Fsp3) is 0.529. The van der Waals surface area contributed by atoms with Crippen molar-refractivity contribution in [2.45, 2.75) is 32.2 Å². The Morgan fingerprint density at radius 2 is 2.17 bits per heavy atom. The van der Waals surface area contributed by atoms with Crippen molar-refractivity contribution in [1.82, 2.24) is 5.32 Å². The Morgan fingerprint density at radius 1 is 1.43 bits per heavy atom. The predicted octanol–water partition coefficient (Wildman–Crippen LogP) is 2.00. The first-order valence-electron chi connectivity index (χ1n) is 7.83. The number of carboxylic acids is 1. The molecule has 0 spiro atoms. The van der Waals surface area contributed by atoms with Crippen LogP contribution in [0.4, 0.5) is 4.39 Å². The highest BCUT2D eigenvalue weighted by molar-refractivity contribution is 5.85. The Bertz CT molecular complexity index is 557. The van der Waals surface area contributed by atoms with Crippen LogP contribution in [0.25, 0.3) is 0 Å². The number of aliphatic carboxylic acids is 1. The molecule has 5 nitrogen and oxygen atoms in total. The summed E-state index contributed by atoms with van der Waals surface area (Å²) in [4.78, 5) is 23.7. The van der Waals surface area contributed by atoms with Crippen LogP contribution in [0.5, 0.6) is 0 Å². The van der Waals surface area contributed by atoms with Gasteiger partial charge in [-0.2, -0.15) is 0 Å². The summed E-state index contributed by atoms with van der Waals surface area (Å²) in [6.07, 6.45) is 1.72. The number of carboxylic acid groups (broad SMARTS) is 1. The molecule has 1 amide bonds. The van der Waals surface area contributed by atoms with Crippen molar-refractivity contribution in [3.8, 4) is 0 Å². The van der Waals surface area contributed by atoms with Gasteiger partial charge in [0.2, 0.25) is 5.91 Å². The Balaban J connectivity index is 1.97. The number of ether oxygens (including phenoxy) is 1. The summed E-state index contributed by atoms with van der Waals surface area (Å²) in [6, 6.07) is 5.31. The molecule has 1 aromatic carbocycles. The zero-order chi connectivity index (χ0) is 16.8. The van der Waals surface area contributed by atoms with Gasteiger partial charge in [0.05, 0.1) is 6.61 Å². The van der Waals surface area contributed by atoms with Crippen molar-refractivity contribution in [1.29, 1.82) is 0 Å². The molecule has 6 heteroatoms. The number of nitrogens with one attached hydrogen (secondary N) is 1. The average molecular weight is 323 g/mol. The molecule has 2 rings (SSSR count). The lowest BCUT2D eigenvalue weighted by molar-refractivity contribution is -0.145. The van der Waals surface area contributed by atoms with Crippen LogP contribution < -0.4 is 5.32 Å². The molecule has 3 unspecified atom stereocenters. The molecule has 0 saturated carbocycles. The van der Waals surface area contributed by atoms with Gasteiger partial charge >= 0.3 is 5.97 Å². The standard InChI is InChI=1S/C17H22FNO4/c1-11(9-12-5-2-3-7-14(12)18)16(20)19-15(17(21)22)13-6-4-8-23-10-13/h2-3,5,7,11,13,15H,4,6,8-10H2,1H3,(H,19,20)(H,21,22). The van der Waals surface area contributed by atoms with E-state index in [-0.39, 0.29) is 24.1 Å². The Hall–Kier alpha value is -1.95. The maximum absolute atomic E-state index is 13.7. The summed E-state index contributed by atoms with van der Waals surface area (Å²) >= 11 is 0. The van der Waals surface area contributed by atoms with E-state index in [9.17, 15) is 19.1 Å². The third kappa shape index (κ3) is 4.76. The Morgan fingerprint density at radius 3 is 2.78 bits per heavy atom. The molecule has 2 N–H and O–H groups in total. The number of hydrogen-bond acceptors (Lipinski definition) is 3. The molecule has 1 saturated heterocycles. The molecule has 0 radical (unpaired) electrons. The van der Waals surface area contributed by atoms with Gasteiger partial charge < -0.3 is 15.2 Å². The van der Waals surface area contributed by atoms with Gasteiger partial charge in [0.25, 0.3) is 0 Å². The van der Waals surface area contributed by atoms with E-state index in [0.717, 1.165) is 6.42 Å². The van der Waals surface area contributed by atoms with Gasteiger partial charge in [-0.25, -0.2) is 9.18 Å². The first-order valence-corrected chi connectivity index (χ1v) is 7.83. The number of benzene rings is 1. The second-order valence-corrected chi connectivity index (χ2v) is 6.00. The topological polar surface area (TPSA) is 75.6 Å². The molecule has 0 bridgehead atoms. The van der Waals surface area contributed by atoms with Gasteiger partial charge in [-0.05, 0) is 30.9 Å². The second-order valence-electron chi connectivity index (χ2n) is 6.00. The molecular formula is C17H22FNO4. The summed E-state index contributed by atoms with van der Waals surface area (Å²) < 4.78 is 19.0. The van der Waals surface area contributed by atoms with Crippen molar-refractivity contribution in [3.05, 3.63) is 35.6 Å². The van der Waals surface area contributed by atoms with Crippen molar-refractivity contribution >= 4 is 11.9 Å². The zero-order valence-electron chi connectivity index (χ0n) is 13.1. The molecule has 0 aromatic heterocycles. The molecule has 1 heterocycles. The fourth-order valence-electron chi connectivity index (χ4n) is 2.79. The summed E-state index contributed by atoms with van der Waals surface area (Å²) in [6.45, 7) is 2.62. The van der Waals surface area contributed by atoms with Crippen molar-refractivity contribution in [2.24, 2.45) is 11.8 Å². The lowest BCUT2D eigenvalue weighted by atomic mass is 9.92. The SMILES string of the molecule is CC(Cc1ccccc1F)C(=O)NC(C(=O)O)C1CCCOC1. The third-order valence-electron chi connectivity index (χ3n) is 4.16. The van der Waals surface area contributed by atoms with Crippen LogP contribution in [0.3, 0.4) is 0 Å². The number of carbonyl (C=O) groups excluding carboxylic acids is 1. The van der Waals surface area contributed by atoms with E-state index in [1.807, 2.05) is 0 Å². The molecule has 0 aliphatic carbocycles. The molecular weight excluding hydrogens is 301 g/mol. The van der Waals surface area contributed by atoms with Gasteiger partial charge in [0.15, 0.2) is 0 Å². The van der Waals surface area contributed by atoms with Crippen LogP contribution in [0.2, 0.25) is 0 Å². The summed E-state index contributed by atoms with van der Waals surface area (Å²) in [5.41, 5.74) is 0.447. The minimum Gasteiger partial charge on any atom is -0.480 e. The molecule has 126 valence electrons. The van der Waals surface area contributed by atoms with E-state index in [0.29, 0.717) is 25.2 Å². The fourth-order valence-corrected chi connectivity index (χ4v) is 2.79. The number of carbonyl (C=O) groups is 2. The third-order valence-corrected chi connectivity index (χ3v) is 4.16. The van der Waals surface area contributed by atoms with E-state index in [1.54, 1.807) is 25.1 Å². The van der Waals surface area contributed by atoms with E-state index < -0.39 is 17.9 Å². The average Bonchev–Trinajstić information content (AvgIpc) is 2.55. The lowest BCUT2D eigenvalue weighted by Gasteiger charge is -2.28. The minimum absolute atomic E-state index is 0.228. The van der Waals surface area contributed by atoms with Crippen LogP contribution in [0, 0.1) is 17.7 Å². The highest BCUT2D eigenvalue weighted by atomic mass is 19.1. The van der Waals surface area contributed by atoms with Crippen LogP contribution >= 0.6 is 0 Å². The molecule has 3 atom stereocenters. The van der Waals surface area contributed by atoms with E-state index >= 15 is 0 Å². The van der Waals surface area contributed by atoms with Crippen LogP contribution in [-0.4, -0.2) is 36.2 Å². The summed E-state index contributed by atoms with van der Waals surface area (Å²) in [5, 5.41) is 11.9. The second kappa shape index (κ2) is 8.06. The highest BCUT2D eigenvalue weighted by Crippen LogP contribution is 2.19. The van der Waals surface area contributed by atoms with Gasteiger partial charge in [-0.15, -0.1) is 0 Å². The van der Waals surface area contributed by atoms with E-state index in [1.165, 1.54) is 6.07 Å². The number of rotatable bonds is 6. The minimum atomic E-state index is -1.06. The van der Waals surface area contributed by atoms with Crippen molar-refractivity contribution in [3.63, 3.8) is 0 Å². The molecule has 23 heavy (non-hydrogen) atoms. The Kier molecular flexibility index (Phi) is 6.10. The van der Waals surface area contributed by atoms with Crippen molar-refractivity contribution < 1.29 is 23.8 Å². The van der Waals surface area contributed by atoms with E-state index in [2.05, 4.69) is 5.32 Å². The van der Waals surface area contributed by atoms with Gasteiger partial charge in [0.1, 0.15) is 11.9 Å². The zero-order valence-corrected chi connectivity index (χ0v) is 13.1. The van der Waals surface area contributed by atoms with Crippen LogP contribution in [-0.2, 0) is 20.7 Å². The summed E-state index contributed by atoms with van der Waals surface area (Å²) in [7, 11) is 0. The van der Waals surface area contributed by atoms with Gasteiger partial charge in [-0.1, -0.05) is 25.1 Å². The molecule has 1 aliphatic rings. The number of hydrogen-bond donors (Lipinski definition) is 2. The predicted molar refractivity (Wildman–Crippen MR) is 82.4 cm³/mol. The maximum Gasteiger partial charge on any atom is 0.326 e.